The minimum atomic E-state index is -0.0611. The summed E-state index contributed by atoms with van der Waals surface area (Å²) in [5.41, 5.74) is 3.54. The van der Waals surface area contributed by atoms with Gasteiger partial charge in [-0.3, -0.25) is 14.6 Å². The highest BCUT2D eigenvalue weighted by atomic mass is 32.1. The van der Waals surface area contributed by atoms with E-state index < -0.39 is 0 Å². The van der Waals surface area contributed by atoms with Crippen LogP contribution < -0.4 is 5.32 Å². The van der Waals surface area contributed by atoms with E-state index in [-0.39, 0.29) is 5.91 Å². The molecule has 2 aromatic heterocycles. The van der Waals surface area contributed by atoms with Crippen LogP contribution in [0.25, 0.3) is 10.6 Å². The van der Waals surface area contributed by atoms with E-state index >= 15 is 0 Å². The summed E-state index contributed by atoms with van der Waals surface area (Å²) in [6.07, 6.45) is 0. The number of hydrogen-bond acceptors (Lipinski definition) is 7. The van der Waals surface area contributed by atoms with Crippen molar-refractivity contribution in [2.45, 2.75) is 20.4 Å². The lowest BCUT2D eigenvalue weighted by Gasteiger charge is -2.33. The summed E-state index contributed by atoms with van der Waals surface area (Å²) in [5.74, 6) is 1.09. The molecule has 0 aliphatic carbocycles. The Morgan fingerprint density at radius 1 is 1.14 bits per heavy atom. The van der Waals surface area contributed by atoms with E-state index in [4.69, 9.17) is 9.51 Å². The molecule has 0 bridgehead atoms. The number of amides is 1. The van der Waals surface area contributed by atoms with Crippen molar-refractivity contribution in [2.75, 3.05) is 38.0 Å². The van der Waals surface area contributed by atoms with E-state index in [1.807, 2.05) is 0 Å². The maximum absolute atomic E-state index is 12.2. The number of rotatable bonds is 6. The highest BCUT2D eigenvalue weighted by Gasteiger charge is 2.20. The molecule has 3 aromatic rings. The molecule has 1 aliphatic rings. The van der Waals surface area contributed by atoms with Gasteiger partial charge < -0.3 is 9.84 Å². The van der Waals surface area contributed by atoms with E-state index in [1.54, 1.807) is 24.3 Å². The van der Waals surface area contributed by atoms with E-state index in [0.29, 0.717) is 18.1 Å². The van der Waals surface area contributed by atoms with E-state index in [0.717, 1.165) is 43.4 Å². The summed E-state index contributed by atoms with van der Waals surface area (Å²) < 4.78 is 4.97. The van der Waals surface area contributed by atoms with Crippen LogP contribution in [0.4, 0.5) is 5.82 Å². The van der Waals surface area contributed by atoms with Gasteiger partial charge in [0, 0.05) is 49.7 Å². The molecular weight excluding hydrogens is 386 g/mol. The minimum absolute atomic E-state index is 0.0611. The van der Waals surface area contributed by atoms with Crippen molar-refractivity contribution in [3.8, 4) is 10.6 Å². The van der Waals surface area contributed by atoms with Crippen LogP contribution in [0.3, 0.4) is 0 Å². The average molecular weight is 412 g/mol. The van der Waals surface area contributed by atoms with Crippen molar-refractivity contribution < 1.29 is 9.32 Å². The van der Waals surface area contributed by atoms with Crippen LogP contribution in [0.2, 0.25) is 0 Å². The van der Waals surface area contributed by atoms with Crippen LogP contribution >= 0.6 is 11.3 Å². The Balaban J connectivity index is 1.24. The Morgan fingerprint density at radius 2 is 1.86 bits per heavy atom. The zero-order chi connectivity index (χ0) is 20.2. The predicted molar refractivity (Wildman–Crippen MR) is 114 cm³/mol. The average Bonchev–Trinajstić information content (AvgIpc) is 3.33. The second-order valence-corrected chi connectivity index (χ2v) is 8.29. The van der Waals surface area contributed by atoms with Crippen LogP contribution in [0.15, 0.2) is 40.2 Å². The van der Waals surface area contributed by atoms with Gasteiger partial charge in [0.05, 0.1) is 12.2 Å². The molecule has 1 amide bonds. The third-order valence-electron chi connectivity index (χ3n) is 4.96. The normalized spacial score (nSPS) is 15.5. The molecular formula is C21H25N5O2S. The van der Waals surface area contributed by atoms with E-state index in [1.165, 1.54) is 11.1 Å². The SMILES string of the molecule is Cc1ccc(-c2nc(CN3CCN(CC(=O)Nc4cc(C)on4)CC3)cs2)cc1. The van der Waals surface area contributed by atoms with Crippen LogP contribution in [0, 0.1) is 13.8 Å². The van der Waals surface area contributed by atoms with Crippen LogP contribution in [-0.2, 0) is 11.3 Å². The van der Waals surface area contributed by atoms with Gasteiger partial charge in [-0.15, -0.1) is 11.3 Å². The van der Waals surface area contributed by atoms with Crippen molar-refractivity contribution in [1.82, 2.24) is 19.9 Å². The summed E-state index contributed by atoms with van der Waals surface area (Å²) in [5, 5.41) is 9.79. The predicted octanol–water partition coefficient (Wildman–Crippen LogP) is 3.17. The fourth-order valence-electron chi connectivity index (χ4n) is 3.35. The van der Waals surface area contributed by atoms with E-state index in [2.05, 4.69) is 56.8 Å². The number of nitrogens with zero attached hydrogens (tertiary/aromatic N) is 4. The Labute approximate surface area is 174 Å². The van der Waals surface area contributed by atoms with Gasteiger partial charge in [-0.1, -0.05) is 35.0 Å². The molecule has 0 radical (unpaired) electrons. The fourth-order valence-corrected chi connectivity index (χ4v) is 4.17. The van der Waals surface area contributed by atoms with Gasteiger partial charge in [0.15, 0.2) is 5.82 Å². The number of aryl methyl sites for hydroxylation is 2. The zero-order valence-electron chi connectivity index (χ0n) is 16.7. The maximum Gasteiger partial charge on any atom is 0.239 e. The van der Waals surface area contributed by atoms with Crippen LogP contribution in [-0.4, -0.2) is 58.6 Å². The molecule has 7 nitrogen and oxygen atoms in total. The number of thiazole rings is 1. The lowest BCUT2D eigenvalue weighted by molar-refractivity contribution is -0.117. The molecule has 0 spiro atoms. The van der Waals surface area contributed by atoms with Crippen LogP contribution in [0.5, 0.6) is 0 Å². The Bertz CT molecular complexity index is 958. The molecule has 29 heavy (non-hydrogen) atoms. The number of anilines is 1. The number of benzene rings is 1. The van der Waals surface area contributed by atoms with Gasteiger partial charge in [0.1, 0.15) is 10.8 Å². The second kappa shape index (κ2) is 8.86. The molecule has 1 N–H and O–H groups in total. The number of aromatic nitrogens is 2. The van der Waals surface area contributed by atoms with Crippen molar-refractivity contribution in [2.24, 2.45) is 0 Å². The Kier molecular flexibility index (Phi) is 6.03. The number of carbonyl (C=O) groups is 1. The van der Waals surface area contributed by atoms with Gasteiger partial charge in [0.25, 0.3) is 0 Å². The standard InChI is InChI=1S/C21H25N5O2S/c1-15-3-5-17(6-4-15)21-22-18(14-29-21)12-25-7-9-26(10-8-25)13-20(27)23-19-11-16(2)28-24-19/h3-6,11,14H,7-10,12-13H2,1-2H3,(H,23,24,27). The number of piperazine rings is 1. The quantitative estimate of drug-likeness (QED) is 0.672. The summed E-state index contributed by atoms with van der Waals surface area (Å²) in [6, 6.07) is 10.2. The number of nitrogens with one attached hydrogen (secondary N) is 1. The lowest BCUT2D eigenvalue weighted by Crippen LogP contribution is -2.48. The molecule has 152 valence electrons. The summed E-state index contributed by atoms with van der Waals surface area (Å²) in [6.45, 7) is 8.68. The first-order valence-corrected chi connectivity index (χ1v) is 10.6. The fraction of sp³-hybridized carbons (Fsp3) is 0.381. The second-order valence-electron chi connectivity index (χ2n) is 7.43. The summed E-state index contributed by atoms with van der Waals surface area (Å²) in [4.78, 5) is 21.5. The smallest absolute Gasteiger partial charge is 0.239 e. The minimum Gasteiger partial charge on any atom is -0.360 e. The molecule has 0 atom stereocenters. The van der Waals surface area contributed by atoms with Crippen molar-refractivity contribution in [3.63, 3.8) is 0 Å². The Morgan fingerprint density at radius 3 is 2.55 bits per heavy atom. The first-order chi connectivity index (χ1) is 14.0. The zero-order valence-corrected chi connectivity index (χ0v) is 17.5. The molecule has 1 aromatic carbocycles. The lowest BCUT2D eigenvalue weighted by atomic mass is 10.2. The topological polar surface area (TPSA) is 74.5 Å². The first kappa shape index (κ1) is 19.8. The molecule has 3 heterocycles. The highest BCUT2D eigenvalue weighted by Crippen LogP contribution is 2.24. The maximum atomic E-state index is 12.2. The van der Waals surface area contributed by atoms with E-state index in [9.17, 15) is 4.79 Å². The summed E-state index contributed by atoms with van der Waals surface area (Å²) in [7, 11) is 0. The van der Waals surface area contributed by atoms with Crippen molar-refractivity contribution in [3.05, 3.63) is 52.7 Å². The summed E-state index contributed by atoms with van der Waals surface area (Å²) >= 11 is 1.69. The van der Waals surface area contributed by atoms with Gasteiger partial charge in [-0.25, -0.2) is 4.98 Å². The van der Waals surface area contributed by atoms with Crippen molar-refractivity contribution in [1.29, 1.82) is 0 Å². The van der Waals surface area contributed by atoms with Crippen molar-refractivity contribution >= 4 is 23.1 Å². The monoisotopic (exact) mass is 411 g/mol. The molecule has 1 aliphatic heterocycles. The van der Waals surface area contributed by atoms with Gasteiger partial charge >= 0.3 is 0 Å². The molecule has 1 saturated heterocycles. The van der Waals surface area contributed by atoms with Gasteiger partial charge in [-0.05, 0) is 13.8 Å². The van der Waals surface area contributed by atoms with Gasteiger partial charge in [0.2, 0.25) is 5.91 Å². The molecule has 1 fully saturated rings. The molecule has 4 rings (SSSR count). The highest BCUT2D eigenvalue weighted by molar-refractivity contribution is 7.13. The Hall–Kier alpha value is -2.55. The molecule has 0 saturated carbocycles. The van der Waals surface area contributed by atoms with Gasteiger partial charge in [-0.2, -0.15) is 0 Å². The largest absolute Gasteiger partial charge is 0.360 e. The third kappa shape index (κ3) is 5.29. The number of hydrogen-bond donors (Lipinski definition) is 1. The van der Waals surface area contributed by atoms with Crippen LogP contribution in [0.1, 0.15) is 17.0 Å². The first-order valence-electron chi connectivity index (χ1n) is 9.74. The number of carbonyl (C=O) groups excluding carboxylic acids is 1. The third-order valence-corrected chi connectivity index (χ3v) is 5.90. The molecule has 0 unspecified atom stereocenters. The molecule has 8 heteroatoms.